The Bertz CT molecular complexity index is 1260. The van der Waals surface area contributed by atoms with Crippen molar-refractivity contribution in [2.75, 3.05) is 26.2 Å². The monoisotopic (exact) mass is 496 g/mol. The minimum atomic E-state index is -0.271. The molecule has 0 spiro atoms. The van der Waals surface area contributed by atoms with Crippen LogP contribution in [0, 0.1) is 0 Å². The number of nitrogens with zero attached hydrogens (tertiary/aromatic N) is 3. The summed E-state index contributed by atoms with van der Waals surface area (Å²) in [5, 5.41) is 3.41. The van der Waals surface area contributed by atoms with Crippen molar-refractivity contribution in [1.82, 2.24) is 19.6 Å². The Morgan fingerprint density at radius 2 is 1.62 bits per heavy atom. The summed E-state index contributed by atoms with van der Waals surface area (Å²) in [7, 11) is 0. The van der Waals surface area contributed by atoms with Gasteiger partial charge in [-0.25, -0.2) is 9.78 Å². The van der Waals surface area contributed by atoms with Crippen LogP contribution in [0.5, 0.6) is 0 Å². The maximum absolute atomic E-state index is 13.3. The van der Waals surface area contributed by atoms with E-state index in [1.54, 1.807) is 6.20 Å². The molecule has 0 bridgehead atoms. The van der Waals surface area contributed by atoms with Crippen LogP contribution in [0.25, 0.3) is 16.8 Å². The summed E-state index contributed by atoms with van der Waals surface area (Å²) in [5.74, 6) is 0.0587. The van der Waals surface area contributed by atoms with E-state index in [9.17, 15) is 4.79 Å². The highest BCUT2D eigenvalue weighted by molar-refractivity contribution is 5.85. The number of piperazine rings is 1. The standard InChI is InChI=1S/C26H24N4O2.2ClH/c31-26(30-15-11-27-16-24(30)22-10-5-13-29-14-12-28-25(22)29)32-17-23-20-8-3-1-6-18(20)19-7-2-4-9-21(19)23;;/h1-10,12-14,23-24,27H,11,15-17H2;2*1H. The second-order valence-corrected chi connectivity index (χ2v) is 8.34. The summed E-state index contributed by atoms with van der Waals surface area (Å²) in [4.78, 5) is 19.6. The molecule has 1 amide bonds. The third kappa shape index (κ3) is 4.02. The SMILES string of the molecule is Cl.Cl.O=C(OCC1c2ccccc2-c2ccccc21)N1CCNCC1c1cccn2ccnc12. The highest BCUT2D eigenvalue weighted by Gasteiger charge is 2.33. The van der Waals surface area contributed by atoms with Crippen molar-refractivity contribution in [2.24, 2.45) is 0 Å². The fraction of sp³-hybridized carbons (Fsp3) is 0.231. The average molecular weight is 497 g/mol. The lowest BCUT2D eigenvalue weighted by atomic mass is 9.98. The lowest BCUT2D eigenvalue weighted by molar-refractivity contribution is 0.0754. The average Bonchev–Trinajstić information content (AvgIpc) is 3.45. The summed E-state index contributed by atoms with van der Waals surface area (Å²) in [5.41, 5.74) is 6.81. The van der Waals surface area contributed by atoms with E-state index in [0.29, 0.717) is 19.7 Å². The third-order valence-corrected chi connectivity index (χ3v) is 6.62. The summed E-state index contributed by atoms with van der Waals surface area (Å²) in [6, 6.07) is 20.7. The number of ether oxygens (including phenoxy) is 1. The van der Waals surface area contributed by atoms with E-state index in [-0.39, 0.29) is 42.9 Å². The first-order valence-electron chi connectivity index (χ1n) is 11.0. The Kier molecular flexibility index (Phi) is 7.12. The van der Waals surface area contributed by atoms with Crippen molar-refractivity contribution in [3.8, 4) is 11.1 Å². The molecule has 6 rings (SSSR count). The van der Waals surface area contributed by atoms with Crippen molar-refractivity contribution < 1.29 is 9.53 Å². The van der Waals surface area contributed by atoms with Gasteiger partial charge in [0.1, 0.15) is 12.3 Å². The maximum atomic E-state index is 13.3. The van der Waals surface area contributed by atoms with Gasteiger partial charge in [0, 0.05) is 49.7 Å². The Morgan fingerprint density at radius 1 is 0.941 bits per heavy atom. The Morgan fingerprint density at radius 3 is 2.35 bits per heavy atom. The second kappa shape index (κ2) is 10.1. The van der Waals surface area contributed by atoms with Crippen LogP contribution in [-0.4, -0.2) is 46.6 Å². The van der Waals surface area contributed by atoms with Crippen LogP contribution >= 0.6 is 24.8 Å². The molecule has 8 heteroatoms. The van der Waals surface area contributed by atoms with Gasteiger partial charge >= 0.3 is 6.09 Å². The van der Waals surface area contributed by atoms with Gasteiger partial charge in [-0.05, 0) is 28.3 Å². The molecule has 176 valence electrons. The zero-order valence-electron chi connectivity index (χ0n) is 18.5. The van der Waals surface area contributed by atoms with E-state index in [0.717, 1.165) is 17.8 Å². The van der Waals surface area contributed by atoms with Crippen LogP contribution in [-0.2, 0) is 4.74 Å². The molecule has 1 N–H and O–H groups in total. The van der Waals surface area contributed by atoms with E-state index in [1.807, 2.05) is 33.8 Å². The molecule has 1 atom stereocenters. The highest BCUT2D eigenvalue weighted by atomic mass is 35.5. The fourth-order valence-corrected chi connectivity index (χ4v) is 5.11. The molecular weight excluding hydrogens is 471 g/mol. The predicted molar refractivity (Wildman–Crippen MR) is 137 cm³/mol. The van der Waals surface area contributed by atoms with Crippen LogP contribution in [0.15, 0.2) is 79.3 Å². The predicted octanol–water partition coefficient (Wildman–Crippen LogP) is 5.07. The molecule has 1 unspecified atom stereocenters. The van der Waals surface area contributed by atoms with Crippen LogP contribution < -0.4 is 5.32 Å². The number of carbonyl (C=O) groups is 1. The molecule has 0 radical (unpaired) electrons. The minimum Gasteiger partial charge on any atom is -0.448 e. The smallest absolute Gasteiger partial charge is 0.410 e. The third-order valence-electron chi connectivity index (χ3n) is 6.62. The van der Waals surface area contributed by atoms with Crippen LogP contribution in [0.2, 0.25) is 0 Å². The lowest BCUT2D eigenvalue weighted by Crippen LogP contribution is -2.49. The normalized spacial score (nSPS) is 16.8. The highest BCUT2D eigenvalue weighted by Crippen LogP contribution is 2.44. The van der Waals surface area contributed by atoms with Crippen LogP contribution in [0.4, 0.5) is 4.79 Å². The zero-order chi connectivity index (χ0) is 21.5. The zero-order valence-corrected chi connectivity index (χ0v) is 20.1. The molecule has 3 heterocycles. The molecule has 2 aromatic heterocycles. The fourth-order valence-electron chi connectivity index (χ4n) is 5.11. The molecule has 1 aliphatic heterocycles. The summed E-state index contributed by atoms with van der Waals surface area (Å²) in [6.07, 6.45) is 5.41. The molecular formula is C26H26Cl2N4O2. The number of nitrogens with one attached hydrogen (secondary N) is 1. The van der Waals surface area contributed by atoms with E-state index in [2.05, 4.69) is 58.8 Å². The summed E-state index contributed by atoms with van der Waals surface area (Å²) in [6.45, 7) is 2.36. The molecule has 1 fully saturated rings. The molecule has 0 saturated carbocycles. The van der Waals surface area contributed by atoms with Gasteiger partial charge in [-0.15, -0.1) is 24.8 Å². The number of carbonyl (C=O) groups excluding carboxylic acids is 1. The lowest BCUT2D eigenvalue weighted by Gasteiger charge is -2.36. The number of benzene rings is 2. The van der Waals surface area contributed by atoms with Crippen molar-refractivity contribution in [3.63, 3.8) is 0 Å². The number of halogens is 2. The van der Waals surface area contributed by atoms with Gasteiger partial charge in [-0.1, -0.05) is 54.6 Å². The van der Waals surface area contributed by atoms with Crippen molar-refractivity contribution in [2.45, 2.75) is 12.0 Å². The van der Waals surface area contributed by atoms with E-state index >= 15 is 0 Å². The number of aromatic nitrogens is 2. The number of hydrogen-bond donors (Lipinski definition) is 1. The number of hydrogen-bond acceptors (Lipinski definition) is 4. The van der Waals surface area contributed by atoms with E-state index in [1.165, 1.54) is 22.3 Å². The maximum Gasteiger partial charge on any atom is 0.410 e. The molecule has 34 heavy (non-hydrogen) atoms. The summed E-state index contributed by atoms with van der Waals surface area (Å²) >= 11 is 0. The first-order chi connectivity index (χ1) is 15.8. The Labute approximate surface area is 210 Å². The second-order valence-electron chi connectivity index (χ2n) is 8.34. The number of fused-ring (bicyclic) bond motifs is 4. The molecule has 4 aromatic rings. The van der Waals surface area contributed by atoms with Gasteiger partial charge < -0.3 is 14.5 Å². The first kappa shape index (κ1) is 24.1. The van der Waals surface area contributed by atoms with Crippen LogP contribution in [0.3, 0.4) is 0 Å². The minimum absolute atomic E-state index is 0. The first-order valence-corrected chi connectivity index (χ1v) is 11.0. The molecule has 1 saturated heterocycles. The van der Waals surface area contributed by atoms with Gasteiger partial charge in [0.25, 0.3) is 0 Å². The van der Waals surface area contributed by atoms with Crippen molar-refractivity contribution in [1.29, 1.82) is 0 Å². The molecule has 2 aliphatic rings. The van der Waals surface area contributed by atoms with E-state index < -0.39 is 0 Å². The van der Waals surface area contributed by atoms with Gasteiger partial charge in [0.2, 0.25) is 0 Å². The van der Waals surface area contributed by atoms with Crippen molar-refractivity contribution in [3.05, 3.63) is 95.9 Å². The van der Waals surface area contributed by atoms with E-state index in [4.69, 9.17) is 4.74 Å². The largest absolute Gasteiger partial charge is 0.448 e. The number of amides is 1. The molecule has 2 aromatic carbocycles. The Balaban J connectivity index is 0.00000137. The van der Waals surface area contributed by atoms with Gasteiger partial charge in [-0.2, -0.15) is 0 Å². The van der Waals surface area contributed by atoms with Gasteiger partial charge in [0.05, 0.1) is 6.04 Å². The summed E-state index contributed by atoms with van der Waals surface area (Å²) < 4.78 is 7.94. The number of rotatable bonds is 3. The van der Waals surface area contributed by atoms with Crippen molar-refractivity contribution >= 4 is 36.6 Å². The molecule has 6 nitrogen and oxygen atoms in total. The Hall–Kier alpha value is -3.06. The van der Waals surface area contributed by atoms with Gasteiger partial charge in [-0.3, -0.25) is 4.90 Å². The topological polar surface area (TPSA) is 58.9 Å². The quantitative estimate of drug-likeness (QED) is 0.429. The van der Waals surface area contributed by atoms with Crippen LogP contribution in [0.1, 0.15) is 28.7 Å². The molecule has 1 aliphatic carbocycles. The van der Waals surface area contributed by atoms with Gasteiger partial charge in [0.15, 0.2) is 0 Å². The number of pyridine rings is 1. The number of imidazole rings is 1.